The lowest BCUT2D eigenvalue weighted by Gasteiger charge is -2.38. The van der Waals surface area contributed by atoms with Crippen LogP contribution in [-0.4, -0.2) is 35.7 Å². The fraction of sp³-hybridized carbons (Fsp3) is 0.600. The highest BCUT2D eigenvalue weighted by Gasteiger charge is 2.38. The van der Waals surface area contributed by atoms with Gasteiger partial charge in [-0.2, -0.15) is 0 Å². The number of carbonyl (C=O) groups is 2. The summed E-state index contributed by atoms with van der Waals surface area (Å²) in [4.78, 5) is 24.0. The number of hydrogen-bond acceptors (Lipinski definition) is 3. The van der Waals surface area contributed by atoms with E-state index < -0.39 is 11.5 Å². The third-order valence-electron chi connectivity index (χ3n) is 5.70. The van der Waals surface area contributed by atoms with Gasteiger partial charge in [-0.05, 0) is 50.0 Å². The molecule has 5 heteroatoms. The summed E-state index contributed by atoms with van der Waals surface area (Å²) in [5.41, 5.74) is 0.713. The predicted octanol–water partition coefficient (Wildman–Crippen LogP) is 3.10. The quantitative estimate of drug-likeness (QED) is 0.860. The van der Waals surface area contributed by atoms with Crippen LogP contribution in [0.2, 0.25) is 0 Å². The fourth-order valence-electron chi connectivity index (χ4n) is 4.18. The van der Waals surface area contributed by atoms with Gasteiger partial charge in [0.15, 0.2) is 0 Å². The van der Waals surface area contributed by atoms with Crippen LogP contribution >= 0.6 is 0 Å². The summed E-state index contributed by atoms with van der Waals surface area (Å²) in [6.07, 6.45) is 4.88. The van der Waals surface area contributed by atoms with Crippen LogP contribution in [0.5, 0.6) is 0 Å². The van der Waals surface area contributed by atoms with Gasteiger partial charge in [0, 0.05) is 19.1 Å². The molecular formula is C20H27NO4. The van der Waals surface area contributed by atoms with Crippen LogP contribution in [0.1, 0.15) is 56.4 Å². The number of carboxylic acids is 1. The molecule has 0 radical (unpaired) electrons. The van der Waals surface area contributed by atoms with E-state index in [1.165, 1.54) is 5.56 Å². The Bertz CT molecular complexity index is 587. The first-order valence-corrected chi connectivity index (χ1v) is 9.24. The molecule has 0 unspecified atom stereocenters. The summed E-state index contributed by atoms with van der Waals surface area (Å²) < 4.78 is 5.35. The minimum absolute atomic E-state index is 0.00604. The van der Waals surface area contributed by atoms with Gasteiger partial charge >= 0.3 is 5.97 Å². The molecule has 2 N–H and O–H groups in total. The van der Waals surface area contributed by atoms with Crippen molar-refractivity contribution in [2.45, 2.75) is 56.4 Å². The Kier molecular flexibility index (Phi) is 5.74. The molecule has 1 aliphatic heterocycles. The Morgan fingerprint density at radius 2 is 1.72 bits per heavy atom. The van der Waals surface area contributed by atoms with Gasteiger partial charge in [0.2, 0.25) is 5.91 Å². The van der Waals surface area contributed by atoms with E-state index in [1.807, 2.05) is 6.07 Å². The minimum atomic E-state index is -0.866. The lowest BCUT2D eigenvalue weighted by Crippen LogP contribution is -2.54. The van der Waals surface area contributed by atoms with Crippen molar-refractivity contribution in [1.82, 2.24) is 5.32 Å². The average Bonchev–Trinajstić information content (AvgIpc) is 2.62. The molecule has 2 fully saturated rings. The number of rotatable bonds is 5. The topological polar surface area (TPSA) is 75.6 Å². The van der Waals surface area contributed by atoms with Crippen molar-refractivity contribution in [3.63, 3.8) is 0 Å². The van der Waals surface area contributed by atoms with Gasteiger partial charge in [0.05, 0.1) is 12.0 Å². The summed E-state index contributed by atoms with van der Waals surface area (Å²) in [5.74, 6) is -0.320. The molecule has 1 saturated carbocycles. The second-order valence-corrected chi connectivity index (χ2v) is 7.41. The standard InChI is InChI=1S/C20H27NO4/c22-18(23)14-20(10-12-25-13-11-20)21-19(24)17-8-6-16(7-9-17)15-4-2-1-3-5-15/h1-5,16-17H,6-14H2,(H,21,24)(H,22,23). The van der Waals surface area contributed by atoms with E-state index in [2.05, 4.69) is 29.6 Å². The third-order valence-corrected chi connectivity index (χ3v) is 5.70. The Morgan fingerprint density at radius 3 is 2.32 bits per heavy atom. The van der Waals surface area contributed by atoms with E-state index in [-0.39, 0.29) is 18.2 Å². The summed E-state index contributed by atoms with van der Waals surface area (Å²) in [6, 6.07) is 10.5. The molecule has 0 bridgehead atoms. The Balaban J connectivity index is 1.57. The Labute approximate surface area is 148 Å². The highest BCUT2D eigenvalue weighted by atomic mass is 16.5. The molecule has 0 atom stereocenters. The number of carboxylic acid groups (broad SMARTS) is 1. The summed E-state index contributed by atoms with van der Waals surface area (Å²) in [7, 11) is 0. The lowest BCUT2D eigenvalue weighted by atomic mass is 9.77. The number of ether oxygens (including phenoxy) is 1. The highest BCUT2D eigenvalue weighted by molar-refractivity contribution is 5.80. The Hall–Kier alpha value is -1.88. The van der Waals surface area contributed by atoms with Gasteiger partial charge < -0.3 is 15.2 Å². The van der Waals surface area contributed by atoms with Crippen molar-refractivity contribution >= 4 is 11.9 Å². The van der Waals surface area contributed by atoms with Crippen LogP contribution in [0.15, 0.2) is 30.3 Å². The van der Waals surface area contributed by atoms with E-state index in [1.54, 1.807) is 0 Å². The van der Waals surface area contributed by atoms with Gasteiger partial charge in [0.1, 0.15) is 0 Å². The molecule has 3 rings (SSSR count). The van der Waals surface area contributed by atoms with E-state index in [0.29, 0.717) is 32.0 Å². The van der Waals surface area contributed by atoms with Crippen LogP contribution in [0.4, 0.5) is 0 Å². The van der Waals surface area contributed by atoms with Crippen LogP contribution in [0.25, 0.3) is 0 Å². The monoisotopic (exact) mass is 345 g/mol. The smallest absolute Gasteiger partial charge is 0.305 e. The van der Waals surface area contributed by atoms with Gasteiger partial charge in [0.25, 0.3) is 0 Å². The molecule has 0 aromatic heterocycles. The number of carbonyl (C=O) groups excluding carboxylic acids is 1. The molecule has 25 heavy (non-hydrogen) atoms. The van der Waals surface area contributed by atoms with Crippen molar-refractivity contribution in [3.05, 3.63) is 35.9 Å². The van der Waals surface area contributed by atoms with Gasteiger partial charge in [-0.1, -0.05) is 30.3 Å². The first-order chi connectivity index (χ1) is 12.1. The van der Waals surface area contributed by atoms with Gasteiger partial charge in [-0.15, -0.1) is 0 Å². The molecule has 1 aromatic rings. The van der Waals surface area contributed by atoms with Crippen LogP contribution in [-0.2, 0) is 14.3 Å². The van der Waals surface area contributed by atoms with Gasteiger partial charge in [-0.3, -0.25) is 9.59 Å². The second kappa shape index (κ2) is 8.00. The zero-order valence-electron chi connectivity index (χ0n) is 14.6. The molecule has 2 aliphatic rings. The first kappa shape index (κ1) is 17.9. The zero-order chi connectivity index (χ0) is 17.7. The van der Waals surface area contributed by atoms with E-state index in [4.69, 9.17) is 4.74 Å². The zero-order valence-corrected chi connectivity index (χ0v) is 14.6. The maximum atomic E-state index is 12.8. The summed E-state index contributed by atoms with van der Waals surface area (Å²) >= 11 is 0. The van der Waals surface area contributed by atoms with E-state index in [9.17, 15) is 14.7 Å². The largest absolute Gasteiger partial charge is 0.481 e. The normalized spacial score (nSPS) is 25.9. The molecule has 5 nitrogen and oxygen atoms in total. The second-order valence-electron chi connectivity index (χ2n) is 7.41. The molecule has 1 saturated heterocycles. The molecule has 1 aliphatic carbocycles. The van der Waals surface area contributed by atoms with Gasteiger partial charge in [-0.25, -0.2) is 0 Å². The van der Waals surface area contributed by atoms with Crippen molar-refractivity contribution in [2.75, 3.05) is 13.2 Å². The van der Waals surface area contributed by atoms with E-state index >= 15 is 0 Å². The van der Waals surface area contributed by atoms with Crippen molar-refractivity contribution < 1.29 is 19.4 Å². The molecule has 136 valence electrons. The molecule has 1 amide bonds. The SMILES string of the molecule is O=C(O)CC1(NC(=O)C2CCC(c3ccccc3)CC2)CCOCC1. The predicted molar refractivity (Wildman–Crippen MR) is 94.3 cm³/mol. The van der Waals surface area contributed by atoms with Crippen molar-refractivity contribution in [3.8, 4) is 0 Å². The van der Waals surface area contributed by atoms with Crippen LogP contribution in [0.3, 0.4) is 0 Å². The maximum Gasteiger partial charge on any atom is 0.305 e. The third kappa shape index (κ3) is 4.60. The van der Waals surface area contributed by atoms with E-state index in [0.717, 1.165) is 25.7 Å². The highest BCUT2D eigenvalue weighted by Crippen LogP contribution is 2.36. The van der Waals surface area contributed by atoms with Crippen molar-refractivity contribution in [1.29, 1.82) is 0 Å². The number of amides is 1. The fourth-order valence-corrected chi connectivity index (χ4v) is 4.18. The average molecular weight is 345 g/mol. The summed E-state index contributed by atoms with van der Waals surface area (Å²) in [5, 5.41) is 12.3. The summed E-state index contributed by atoms with van der Waals surface area (Å²) in [6.45, 7) is 1.02. The first-order valence-electron chi connectivity index (χ1n) is 9.24. The minimum Gasteiger partial charge on any atom is -0.481 e. The number of hydrogen-bond donors (Lipinski definition) is 2. The molecule has 1 heterocycles. The number of benzene rings is 1. The molecule has 0 spiro atoms. The number of nitrogens with one attached hydrogen (secondary N) is 1. The van der Waals surface area contributed by atoms with Crippen LogP contribution < -0.4 is 5.32 Å². The Morgan fingerprint density at radius 1 is 1.08 bits per heavy atom. The number of aliphatic carboxylic acids is 1. The van der Waals surface area contributed by atoms with Crippen LogP contribution in [0, 0.1) is 5.92 Å². The maximum absolute atomic E-state index is 12.8. The van der Waals surface area contributed by atoms with Crippen molar-refractivity contribution in [2.24, 2.45) is 5.92 Å². The molecule has 1 aromatic carbocycles. The lowest BCUT2D eigenvalue weighted by molar-refractivity contribution is -0.141. The molecular weight excluding hydrogens is 318 g/mol.